The minimum atomic E-state index is -0.0337. The minimum Gasteiger partial charge on any atom is -0.327 e. The van der Waals surface area contributed by atoms with Gasteiger partial charge < -0.3 is 4.90 Å². The topological polar surface area (TPSA) is 31.7 Å². The summed E-state index contributed by atoms with van der Waals surface area (Å²) >= 11 is 0. The molecular formula is C20H18N4. The Bertz CT molecular complexity index is 803. The molecule has 0 spiro atoms. The summed E-state index contributed by atoms with van der Waals surface area (Å²) in [6.45, 7) is 0.698. The van der Waals surface area contributed by atoms with Crippen LogP contribution in [0.2, 0.25) is 0 Å². The number of anilines is 2. The number of pyridine rings is 1. The standard InChI is InChI=1S/C20H18N4/c1-3-9-17(10-4-1)20-22-15-23(19-13-7-8-14-21-19)16-24(20)18-11-5-2-6-12-18/h1-15,20H,16H2. The molecule has 0 N–H and O–H groups in total. The highest BCUT2D eigenvalue weighted by atomic mass is 15.4. The first-order valence-electron chi connectivity index (χ1n) is 7.99. The van der Waals surface area contributed by atoms with Crippen LogP contribution < -0.4 is 9.80 Å². The van der Waals surface area contributed by atoms with E-state index >= 15 is 0 Å². The van der Waals surface area contributed by atoms with Crippen molar-refractivity contribution in [2.75, 3.05) is 16.5 Å². The van der Waals surface area contributed by atoms with E-state index in [0.29, 0.717) is 6.67 Å². The summed E-state index contributed by atoms with van der Waals surface area (Å²) in [5, 5.41) is 0. The van der Waals surface area contributed by atoms with Crippen molar-refractivity contribution in [3.8, 4) is 0 Å². The molecular weight excluding hydrogens is 296 g/mol. The number of nitrogens with zero attached hydrogens (tertiary/aromatic N) is 4. The van der Waals surface area contributed by atoms with Gasteiger partial charge in [0.05, 0.1) is 13.0 Å². The smallest absolute Gasteiger partial charge is 0.150 e. The average Bonchev–Trinajstić information content (AvgIpc) is 2.69. The van der Waals surface area contributed by atoms with Crippen LogP contribution in [0, 0.1) is 0 Å². The quantitative estimate of drug-likeness (QED) is 0.729. The minimum absolute atomic E-state index is 0.0337. The van der Waals surface area contributed by atoms with Gasteiger partial charge in [0.2, 0.25) is 0 Å². The lowest BCUT2D eigenvalue weighted by Gasteiger charge is -2.38. The summed E-state index contributed by atoms with van der Waals surface area (Å²) in [4.78, 5) is 13.6. The van der Waals surface area contributed by atoms with E-state index in [1.54, 1.807) is 6.20 Å². The summed E-state index contributed by atoms with van der Waals surface area (Å²) in [6.07, 6.45) is 3.66. The molecule has 1 unspecified atom stereocenters. The van der Waals surface area contributed by atoms with Crippen LogP contribution in [0.25, 0.3) is 0 Å². The molecule has 1 aromatic heterocycles. The van der Waals surface area contributed by atoms with Gasteiger partial charge in [-0.05, 0) is 29.8 Å². The molecule has 4 nitrogen and oxygen atoms in total. The fourth-order valence-corrected chi connectivity index (χ4v) is 2.89. The van der Waals surface area contributed by atoms with E-state index in [9.17, 15) is 0 Å². The second-order valence-corrected chi connectivity index (χ2v) is 5.65. The molecule has 24 heavy (non-hydrogen) atoms. The van der Waals surface area contributed by atoms with Crippen molar-refractivity contribution in [3.63, 3.8) is 0 Å². The van der Waals surface area contributed by atoms with E-state index in [2.05, 4.69) is 63.3 Å². The van der Waals surface area contributed by atoms with Crippen LogP contribution >= 0.6 is 0 Å². The highest BCUT2D eigenvalue weighted by Gasteiger charge is 2.26. The summed E-state index contributed by atoms with van der Waals surface area (Å²) in [6, 6.07) is 26.7. The normalized spacial score (nSPS) is 17.1. The molecule has 1 atom stereocenters. The molecule has 2 heterocycles. The van der Waals surface area contributed by atoms with Gasteiger partial charge in [-0.3, -0.25) is 4.90 Å². The number of para-hydroxylation sites is 1. The van der Waals surface area contributed by atoms with Crippen LogP contribution in [0.3, 0.4) is 0 Å². The monoisotopic (exact) mass is 314 g/mol. The third kappa shape index (κ3) is 2.86. The van der Waals surface area contributed by atoms with Crippen LogP contribution in [0.5, 0.6) is 0 Å². The molecule has 2 aromatic carbocycles. The molecule has 118 valence electrons. The summed E-state index contributed by atoms with van der Waals surface area (Å²) in [7, 11) is 0. The fraction of sp³-hybridized carbons (Fsp3) is 0.100. The van der Waals surface area contributed by atoms with Crippen LogP contribution in [0.4, 0.5) is 11.5 Å². The maximum Gasteiger partial charge on any atom is 0.150 e. The van der Waals surface area contributed by atoms with Gasteiger partial charge in [-0.25, -0.2) is 9.98 Å². The predicted octanol–water partition coefficient (Wildman–Crippen LogP) is 4.09. The maximum atomic E-state index is 4.80. The number of benzene rings is 2. The zero-order valence-electron chi connectivity index (χ0n) is 13.2. The highest BCUT2D eigenvalue weighted by Crippen LogP contribution is 2.31. The first kappa shape index (κ1) is 14.5. The third-order valence-electron chi connectivity index (χ3n) is 4.08. The summed E-state index contributed by atoms with van der Waals surface area (Å²) < 4.78 is 0. The largest absolute Gasteiger partial charge is 0.327 e. The van der Waals surface area contributed by atoms with Crippen molar-refractivity contribution in [1.29, 1.82) is 0 Å². The Balaban J connectivity index is 1.73. The Morgan fingerprint density at radius 1 is 0.792 bits per heavy atom. The number of rotatable bonds is 3. The van der Waals surface area contributed by atoms with Crippen LogP contribution in [0.15, 0.2) is 90.1 Å². The van der Waals surface area contributed by atoms with Crippen molar-refractivity contribution in [2.45, 2.75) is 6.17 Å². The number of hydrogen-bond donors (Lipinski definition) is 0. The molecule has 0 saturated heterocycles. The van der Waals surface area contributed by atoms with E-state index in [1.165, 1.54) is 5.56 Å². The Morgan fingerprint density at radius 3 is 2.21 bits per heavy atom. The number of hydrogen-bond acceptors (Lipinski definition) is 4. The van der Waals surface area contributed by atoms with E-state index in [-0.39, 0.29) is 6.17 Å². The van der Waals surface area contributed by atoms with E-state index in [0.717, 1.165) is 11.5 Å². The van der Waals surface area contributed by atoms with Gasteiger partial charge in [0, 0.05) is 11.9 Å². The van der Waals surface area contributed by atoms with Crippen molar-refractivity contribution in [3.05, 3.63) is 90.6 Å². The molecule has 0 amide bonds. The zero-order chi connectivity index (χ0) is 16.2. The summed E-state index contributed by atoms with van der Waals surface area (Å²) in [5.74, 6) is 0.897. The molecule has 4 heteroatoms. The van der Waals surface area contributed by atoms with Crippen molar-refractivity contribution in [2.24, 2.45) is 4.99 Å². The van der Waals surface area contributed by atoms with Gasteiger partial charge in [-0.1, -0.05) is 54.6 Å². The van der Waals surface area contributed by atoms with Crippen molar-refractivity contribution in [1.82, 2.24) is 4.98 Å². The predicted molar refractivity (Wildman–Crippen MR) is 98.2 cm³/mol. The second-order valence-electron chi connectivity index (χ2n) is 5.65. The van der Waals surface area contributed by atoms with Crippen LogP contribution in [-0.2, 0) is 0 Å². The molecule has 0 saturated carbocycles. The van der Waals surface area contributed by atoms with Gasteiger partial charge >= 0.3 is 0 Å². The second kappa shape index (κ2) is 6.54. The SMILES string of the molecule is C1=NC(c2ccccc2)N(c2ccccc2)CN1c1ccccn1. The first-order valence-corrected chi connectivity index (χ1v) is 7.99. The maximum absolute atomic E-state index is 4.80. The van der Waals surface area contributed by atoms with Crippen molar-refractivity contribution < 1.29 is 0 Å². The molecule has 0 aliphatic carbocycles. The third-order valence-corrected chi connectivity index (χ3v) is 4.08. The zero-order valence-corrected chi connectivity index (χ0v) is 13.2. The van der Waals surface area contributed by atoms with Crippen molar-refractivity contribution >= 4 is 17.8 Å². The van der Waals surface area contributed by atoms with Crippen LogP contribution in [0.1, 0.15) is 11.7 Å². The molecule has 1 aliphatic heterocycles. The Labute approximate surface area is 141 Å². The van der Waals surface area contributed by atoms with E-state index < -0.39 is 0 Å². The van der Waals surface area contributed by atoms with E-state index in [4.69, 9.17) is 4.99 Å². The molecule has 4 rings (SSSR count). The van der Waals surface area contributed by atoms with Gasteiger partial charge in [0.15, 0.2) is 0 Å². The highest BCUT2D eigenvalue weighted by molar-refractivity contribution is 5.80. The van der Waals surface area contributed by atoms with E-state index in [1.807, 2.05) is 36.7 Å². The molecule has 3 aromatic rings. The van der Waals surface area contributed by atoms with Gasteiger partial charge in [-0.15, -0.1) is 0 Å². The average molecular weight is 314 g/mol. The molecule has 0 bridgehead atoms. The van der Waals surface area contributed by atoms with Gasteiger partial charge in [-0.2, -0.15) is 0 Å². The van der Waals surface area contributed by atoms with Gasteiger partial charge in [0.1, 0.15) is 12.0 Å². The van der Waals surface area contributed by atoms with Gasteiger partial charge in [0.25, 0.3) is 0 Å². The Kier molecular flexibility index (Phi) is 3.94. The lowest BCUT2D eigenvalue weighted by atomic mass is 10.1. The number of aromatic nitrogens is 1. The molecule has 1 aliphatic rings. The Morgan fingerprint density at radius 2 is 1.50 bits per heavy atom. The summed E-state index contributed by atoms with van der Waals surface area (Å²) in [5.41, 5.74) is 2.32. The molecule has 0 radical (unpaired) electrons. The number of aliphatic imine (C=N–C) groups is 1. The van der Waals surface area contributed by atoms with Crippen LogP contribution in [-0.4, -0.2) is 18.0 Å². The first-order chi connectivity index (χ1) is 11.9. The fourth-order valence-electron chi connectivity index (χ4n) is 2.89. The lowest BCUT2D eigenvalue weighted by molar-refractivity contribution is 0.629. The lowest BCUT2D eigenvalue weighted by Crippen LogP contribution is -2.43. The molecule has 0 fully saturated rings. The Hall–Kier alpha value is -3.14.